The second-order valence-electron chi connectivity index (χ2n) is 4.49. The minimum Gasteiger partial charge on any atom is -0.399 e. The molecule has 2 heteroatoms. The lowest BCUT2D eigenvalue weighted by Crippen LogP contribution is -1.89. The Kier molecular flexibility index (Phi) is 2.49. The number of fused-ring (bicyclic) bond motifs is 1. The van der Waals surface area contributed by atoms with E-state index in [-0.39, 0.29) is 0 Å². The largest absolute Gasteiger partial charge is 0.399 e. The second-order valence-corrected chi connectivity index (χ2v) is 4.49. The average Bonchev–Trinajstić information content (AvgIpc) is 2.41. The predicted molar refractivity (Wildman–Crippen MR) is 76.3 cm³/mol. The molecule has 2 nitrogen and oxygen atoms in total. The number of aromatic nitrogens is 1. The topological polar surface area (TPSA) is 38.9 Å². The van der Waals surface area contributed by atoms with Crippen molar-refractivity contribution < 1.29 is 0 Å². The Morgan fingerprint density at radius 1 is 1.00 bits per heavy atom. The van der Waals surface area contributed by atoms with Gasteiger partial charge in [-0.1, -0.05) is 24.3 Å². The van der Waals surface area contributed by atoms with Crippen molar-refractivity contribution in [1.82, 2.24) is 4.98 Å². The highest BCUT2D eigenvalue weighted by molar-refractivity contribution is 5.85. The Balaban J connectivity index is 2.22. The highest BCUT2D eigenvalue weighted by Gasteiger charge is 2.04. The first-order valence-electron chi connectivity index (χ1n) is 5.95. The van der Waals surface area contributed by atoms with Gasteiger partial charge in [0, 0.05) is 17.3 Å². The molecule has 0 aliphatic rings. The first-order valence-corrected chi connectivity index (χ1v) is 5.95. The number of pyridine rings is 1. The van der Waals surface area contributed by atoms with Crippen LogP contribution in [0.2, 0.25) is 0 Å². The fourth-order valence-corrected chi connectivity index (χ4v) is 2.18. The monoisotopic (exact) mass is 234 g/mol. The Morgan fingerprint density at radius 2 is 1.89 bits per heavy atom. The van der Waals surface area contributed by atoms with E-state index >= 15 is 0 Å². The molecule has 1 aromatic heterocycles. The number of rotatable bonds is 1. The summed E-state index contributed by atoms with van der Waals surface area (Å²) in [6, 6.07) is 16.3. The van der Waals surface area contributed by atoms with Crippen LogP contribution >= 0.6 is 0 Å². The number of hydrogen-bond acceptors (Lipinski definition) is 2. The third kappa shape index (κ3) is 1.82. The molecule has 2 aromatic carbocycles. The number of aryl methyl sites for hydroxylation is 1. The zero-order valence-corrected chi connectivity index (χ0v) is 10.2. The predicted octanol–water partition coefficient (Wildman–Crippen LogP) is 3.79. The summed E-state index contributed by atoms with van der Waals surface area (Å²) in [4.78, 5) is 4.39. The van der Waals surface area contributed by atoms with Crippen molar-refractivity contribution in [3.05, 3.63) is 60.3 Å². The van der Waals surface area contributed by atoms with Gasteiger partial charge in [0.15, 0.2) is 0 Å². The van der Waals surface area contributed by atoms with Crippen LogP contribution in [0.25, 0.3) is 22.0 Å². The van der Waals surface area contributed by atoms with E-state index in [1.807, 2.05) is 30.5 Å². The fourth-order valence-electron chi connectivity index (χ4n) is 2.18. The molecule has 2 N–H and O–H groups in total. The van der Waals surface area contributed by atoms with E-state index < -0.39 is 0 Å². The van der Waals surface area contributed by atoms with Gasteiger partial charge in [0.1, 0.15) is 0 Å². The van der Waals surface area contributed by atoms with Gasteiger partial charge in [-0.3, -0.25) is 4.98 Å². The van der Waals surface area contributed by atoms with Crippen molar-refractivity contribution in [3.63, 3.8) is 0 Å². The van der Waals surface area contributed by atoms with E-state index in [1.54, 1.807) is 0 Å². The van der Waals surface area contributed by atoms with Gasteiger partial charge >= 0.3 is 0 Å². The molecular weight excluding hydrogens is 220 g/mol. The van der Waals surface area contributed by atoms with Gasteiger partial charge in [-0.05, 0) is 47.9 Å². The third-order valence-corrected chi connectivity index (χ3v) is 3.18. The average molecular weight is 234 g/mol. The van der Waals surface area contributed by atoms with E-state index in [9.17, 15) is 0 Å². The lowest BCUT2D eigenvalue weighted by Gasteiger charge is -2.08. The Hall–Kier alpha value is -2.35. The van der Waals surface area contributed by atoms with Gasteiger partial charge in [-0.25, -0.2) is 0 Å². The molecule has 0 aliphatic heterocycles. The number of nitrogens with zero attached hydrogens (tertiary/aromatic N) is 1. The van der Waals surface area contributed by atoms with Crippen molar-refractivity contribution >= 4 is 16.6 Å². The summed E-state index contributed by atoms with van der Waals surface area (Å²) >= 11 is 0. The lowest BCUT2D eigenvalue weighted by molar-refractivity contribution is 1.41. The number of benzene rings is 2. The fraction of sp³-hybridized carbons (Fsp3) is 0.0625. The van der Waals surface area contributed by atoms with Crippen molar-refractivity contribution in [2.24, 2.45) is 0 Å². The van der Waals surface area contributed by atoms with E-state index in [0.29, 0.717) is 0 Å². The standard InChI is InChI=1S/C16H14N2/c1-11-4-7-14(17)10-15(11)13-6-5-12-3-2-8-18-16(12)9-13/h2-10H,17H2,1H3. The van der Waals surface area contributed by atoms with Crippen LogP contribution in [0, 0.1) is 6.92 Å². The summed E-state index contributed by atoms with van der Waals surface area (Å²) in [6.07, 6.45) is 1.82. The molecule has 0 unspecified atom stereocenters. The van der Waals surface area contributed by atoms with Crippen LogP contribution in [0.3, 0.4) is 0 Å². The summed E-state index contributed by atoms with van der Waals surface area (Å²) in [5.74, 6) is 0. The van der Waals surface area contributed by atoms with Gasteiger partial charge < -0.3 is 5.73 Å². The maximum absolute atomic E-state index is 5.86. The molecule has 0 fully saturated rings. The van der Waals surface area contributed by atoms with Gasteiger partial charge in [-0.15, -0.1) is 0 Å². The molecule has 0 saturated heterocycles. The number of hydrogen-bond donors (Lipinski definition) is 1. The summed E-state index contributed by atoms with van der Waals surface area (Å²) in [5.41, 5.74) is 11.2. The molecule has 3 aromatic rings. The molecular formula is C16H14N2. The first-order chi connectivity index (χ1) is 8.74. The Morgan fingerprint density at radius 3 is 2.78 bits per heavy atom. The van der Waals surface area contributed by atoms with Gasteiger partial charge in [-0.2, -0.15) is 0 Å². The van der Waals surface area contributed by atoms with Gasteiger partial charge in [0.05, 0.1) is 5.52 Å². The van der Waals surface area contributed by atoms with Crippen molar-refractivity contribution in [2.75, 3.05) is 5.73 Å². The molecule has 0 amide bonds. The minimum atomic E-state index is 0.789. The molecule has 0 atom stereocenters. The van der Waals surface area contributed by atoms with Crippen molar-refractivity contribution in [2.45, 2.75) is 6.92 Å². The maximum Gasteiger partial charge on any atom is 0.0708 e. The molecule has 0 saturated carbocycles. The van der Waals surface area contributed by atoms with Crippen LogP contribution in [0.15, 0.2) is 54.7 Å². The van der Waals surface area contributed by atoms with Crippen molar-refractivity contribution in [1.29, 1.82) is 0 Å². The minimum absolute atomic E-state index is 0.789. The first kappa shape index (κ1) is 10.8. The molecule has 0 bridgehead atoms. The summed E-state index contributed by atoms with van der Waals surface area (Å²) in [7, 11) is 0. The van der Waals surface area contributed by atoms with E-state index in [2.05, 4.69) is 36.2 Å². The zero-order chi connectivity index (χ0) is 12.5. The molecule has 0 radical (unpaired) electrons. The highest BCUT2D eigenvalue weighted by atomic mass is 14.6. The molecule has 88 valence electrons. The number of anilines is 1. The quantitative estimate of drug-likeness (QED) is 0.650. The number of nitrogens with two attached hydrogens (primary N) is 1. The van der Waals surface area contributed by atoms with Crippen LogP contribution in [-0.4, -0.2) is 4.98 Å². The SMILES string of the molecule is Cc1ccc(N)cc1-c1ccc2cccnc2c1. The van der Waals surface area contributed by atoms with Crippen LogP contribution in [0.4, 0.5) is 5.69 Å². The summed E-state index contributed by atoms with van der Waals surface area (Å²) < 4.78 is 0. The van der Waals surface area contributed by atoms with Crippen molar-refractivity contribution in [3.8, 4) is 11.1 Å². The Bertz CT molecular complexity index is 717. The molecule has 0 spiro atoms. The number of nitrogen functional groups attached to an aromatic ring is 1. The van der Waals surface area contributed by atoms with Gasteiger partial charge in [0.2, 0.25) is 0 Å². The highest BCUT2D eigenvalue weighted by Crippen LogP contribution is 2.27. The van der Waals surface area contributed by atoms with E-state index in [4.69, 9.17) is 5.73 Å². The second kappa shape index (κ2) is 4.15. The van der Waals surface area contributed by atoms with Crippen LogP contribution in [-0.2, 0) is 0 Å². The molecule has 3 rings (SSSR count). The summed E-state index contributed by atoms with van der Waals surface area (Å²) in [5, 5.41) is 1.16. The Labute approximate surface area is 106 Å². The lowest BCUT2D eigenvalue weighted by atomic mass is 9.99. The van der Waals surface area contributed by atoms with Crippen LogP contribution in [0.1, 0.15) is 5.56 Å². The molecule has 1 heterocycles. The normalized spacial score (nSPS) is 10.7. The van der Waals surface area contributed by atoms with E-state index in [0.717, 1.165) is 22.2 Å². The summed E-state index contributed by atoms with van der Waals surface area (Å²) in [6.45, 7) is 2.09. The van der Waals surface area contributed by atoms with Crippen LogP contribution < -0.4 is 5.73 Å². The van der Waals surface area contributed by atoms with Crippen LogP contribution in [0.5, 0.6) is 0 Å². The van der Waals surface area contributed by atoms with Gasteiger partial charge in [0.25, 0.3) is 0 Å². The smallest absolute Gasteiger partial charge is 0.0708 e. The maximum atomic E-state index is 5.86. The molecule has 0 aliphatic carbocycles. The van der Waals surface area contributed by atoms with E-state index in [1.165, 1.54) is 11.1 Å². The third-order valence-electron chi connectivity index (χ3n) is 3.18. The molecule has 18 heavy (non-hydrogen) atoms. The zero-order valence-electron chi connectivity index (χ0n) is 10.2.